The van der Waals surface area contributed by atoms with Gasteiger partial charge in [0.05, 0.1) is 0 Å². The van der Waals surface area contributed by atoms with Gasteiger partial charge in [-0.3, -0.25) is 0 Å². The van der Waals surface area contributed by atoms with Crippen molar-refractivity contribution in [3.8, 4) is 0 Å². The molecule has 0 saturated heterocycles. The maximum absolute atomic E-state index is 10.5. The Labute approximate surface area is 105 Å². The number of rotatable bonds is 4. The number of carboxylic acid groups (broad SMARTS) is 2. The van der Waals surface area contributed by atoms with E-state index in [1.165, 1.54) is 0 Å². The number of carboxylic acids is 2. The highest BCUT2D eigenvalue weighted by molar-refractivity contribution is 14.1. The summed E-state index contributed by atoms with van der Waals surface area (Å²) < 4.78 is 0.961. The maximum Gasteiger partial charge on any atom is 0.344 e. The second-order valence-corrected chi connectivity index (χ2v) is 4.07. The Morgan fingerprint density at radius 2 is 1.88 bits per heavy atom. The Kier molecular flexibility index (Phi) is 4.29. The lowest BCUT2D eigenvalue weighted by Crippen LogP contribution is -2.12. The average Bonchev–Trinajstić information content (AvgIpc) is 2.16. The molecule has 0 heterocycles. The smallest absolute Gasteiger partial charge is 0.344 e. The van der Waals surface area contributed by atoms with Crippen molar-refractivity contribution >= 4 is 40.2 Å². The molecule has 0 bridgehead atoms. The Hall–Kier alpha value is -1.57. The van der Waals surface area contributed by atoms with E-state index in [4.69, 9.17) is 10.2 Å². The summed E-state index contributed by atoms with van der Waals surface area (Å²) in [5.41, 5.74) is -0.0780. The van der Waals surface area contributed by atoms with E-state index < -0.39 is 17.5 Å². The predicted molar refractivity (Wildman–Crippen MR) is 66.1 cm³/mol. The van der Waals surface area contributed by atoms with Crippen LogP contribution in [-0.4, -0.2) is 22.2 Å². The van der Waals surface area contributed by atoms with Crippen molar-refractivity contribution in [3.63, 3.8) is 0 Å². The van der Waals surface area contributed by atoms with Crippen LogP contribution in [0.5, 0.6) is 0 Å². The van der Waals surface area contributed by atoms with Gasteiger partial charge in [0.2, 0.25) is 0 Å². The number of carbonyl (C=O) groups is 2. The van der Waals surface area contributed by atoms with Crippen LogP contribution in [0, 0.1) is 3.57 Å². The minimum atomic E-state index is -1.48. The molecule has 16 heavy (non-hydrogen) atoms. The summed E-state index contributed by atoms with van der Waals surface area (Å²) in [7, 11) is 0. The van der Waals surface area contributed by atoms with Crippen LogP contribution < -0.4 is 5.32 Å². The van der Waals surface area contributed by atoms with E-state index >= 15 is 0 Å². The summed E-state index contributed by atoms with van der Waals surface area (Å²) in [6, 6.07) is 7.11. The van der Waals surface area contributed by atoms with Gasteiger partial charge in [-0.1, -0.05) is 6.07 Å². The largest absolute Gasteiger partial charge is 0.477 e. The standard InChI is InChI=1S/C10H8INO4/c11-6-2-1-3-7(4-6)12-5-8(9(13)14)10(15)16/h1-5,12H,(H,13,14)(H,15,16). The van der Waals surface area contributed by atoms with E-state index in [1.54, 1.807) is 18.2 Å². The molecular formula is C10H8INO4. The molecule has 1 aromatic carbocycles. The molecule has 0 aliphatic heterocycles. The van der Waals surface area contributed by atoms with Crippen LogP contribution in [0.2, 0.25) is 0 Å². The maximum atomic E-state index is 10.5. The third-order valence-electron chi connectivity index (χ3n) is 1.67. The van der Waals surface area contributed by atoms with Crippen LogP contribution >= 0.6 is 22.6 Å². The predicted octanol–water partition coefficient (Wildman–Crippen LogP) is 1.76. The number of halogens is 1. The van der Waals surface area contributed by atoms with E-state index in [2.05, 4.69) is 27.9 Å². The second-order valence-electron chi connectivity index (χ2n) is 2.82. The fourth-order valence-electron chi connectivity index (χ4n) is 0.949. The molecule has 0 fully saturated rings. The summed E-state index contributed by atoms with van der Waals surface area (Å²) in [5, 5.41) is 19.8. The first-order valence-corrected chi connectivity index (χ1v) is 5.27. The molecule has 1 aromatic rings. The van der Waals surface area contributed by atoms with Gasteiger partial charge in [0.25, 0.3) is 0 Å². The van der Waals surface area contributed by atoms with E-state index in [1.807, 2.05) is 6.07 Å². The van der Waals surface area contributed by atoms with Gasteiger partial charge in [-0.2, -0.15) is 0 Å². The molecule has 0 saturated carbocycles. The molecule has 5 nitrogen and oxygen atoms in total. The molecule has 0 unspecified atom stereocenters. The molecule has 0 radical (unpaired) electrons. The fourth-order valence-corrected chi connectivity index (χ4v) is 1.49. The fraction of sp³-hybridized carbons (Fsp3) is 0. The van der Waals surface area contributed by atoms with Crippen LogP contribution in [0.3, 0.4) is 0 Å². The zero-order chi connectivity index (χ0) is 12.1. The summed E-state index contributed by atoms with van der Waals surface area (Å²) in [4.78, 5) is 21.1. The number of hydrogen-bond donors (Lipinski definition) is 3. The van der Waals surface area contributed by atoms with Gasteiger partial charge >= 0.3 is 11.9 Å². The van der Waals surface area contributed by atoms with E-state index in [0.29, 0.717) is 5.69 Å². The highest BCUT2D eigenvalue weighted by atomic mass is 127. The minimum absolute atomic E-state index is 0.631. The van der Waals surface area contributed by atoms with Gasteiger partial charge in [-0.25, -0.2) is 9.59 Å². The third-order valence-corrected chi connectivity index (χ3v) is 2.34. The van der Waals surface area contributed by atoms with Crippen molar-refractivity contribution < 1.29 is 19.8 Å². The van der Waals surface area contributed by atoms with Crippen LogP contribution in [0.15, 0.2) is 36.0 Å². The highest BCUT2D eigenvalue weighted by Gasteiger charge is 2.15. The van der Waals surface area contributed by atoms with E-state index in [-0.39, 0.29) is 0 Å². The summed E-state index contributed by atoms with van der Waals surface area (Å²) >= 11 is 2.10. The first-order chi connectivity index (χ1) is 7.50. The summed E-state index contributed by atoms with van der Waals surface area (Å²) in [5.74, 6) is -2.96. The molecule has 0 spiro atoms. The first-order valence-electron chi connectivity index (χ1n) is 4.19. The molecule has 0 aliphatic rings. The normalized spacial score (nSPS) is 9.31. The van der Waals surface area contributed by atoms with Crippen molar-refractivity contribution in [2.75, 3.05) is 5.32 Å². The first kappa shape index (κ1) is 12.5. The Bertz CT molecular complexity index is 440. The zero-order valence-electron chi connectivity index (χ0n) is 7.98. The van der Waals surface area contributed by atoms with Crippen molar-refractivity contribution in [2.45, 2.75) is 0 Å². The van der Waals surface area contributed by atoms with Crippen LogP contribution in [-0.2, 0) is 9.59 Å². The van der Waals surface area contributed by atoms with Crippen molar-refractivity contribution in [3.05, 3.63) is 39.6 Å². The number of anilines is 1. The SMILES string of the molecule is O=C(O)C(=CNc1cccc(I)c1)C(=O)O. The number of nitrogens with one attached hydrogen (secondary N) is 1. The third kappa shape index (κ3) is 3.54. The monoisotopic (exact) mass is 333 g/mol. The van der Waals surface area contributed by atoms with Crippen LogP contribution in [0.1, 0.15) is 0 Å². The van der Waals surface area contributed by atoms with Crippen molar-refractivity contribution in [1.82, 2.24) is 0 Å². The van der Waals surface area contributed by atoms with Crippen LogP contribution in [0.4, 0.5) is 5.69 Å². The Morgan fingerprint density at radius 1 is 1.25 bits per heavy atom. The molecular weight excluding hydrogens is 325 g/mol. The molecule has 0 amide bonds. The second kappa shape index (κ2) is 5.50. The number of aliphatic carboxylic acids is 2. The van der Waals surface area contributed by atoms with E-state index in [0.717, 1.165) is 9.77 Å². The Morgan fingerprint density at radius 3 is 2.38 bits per heavy atom. The summed E-state index contributed by atoms with van der Waals surface area (Å²) in [6.45, 7) is 0. The number of hydrogen-bond acceptors (Lipinski definition) is 3. The lowest BCUT2D eigenvalue weighted by atomic mass is 10.3. The molecule has 0 atom stereocenters. The lowest BCUT2D eigenvalue weighted by molar-refractivity contribution is -0.140. The molecule has 0 aliphatic carbocycles. The summed E-state index contributed by atoms with van der Waals surface area (Å²) in [6.07, 6.45) is 0.954. The molecule has 1 rings (SSSR count). The minimum Gasteiger partial charge on any atom is -0.477 e. The van der Waals surface area contributed by atoms with E-state index in [9.17, 15) is 9.59 Å². The van der Waals surface area contributed by atoms with Gasteiger partial charge in [0, 0.05) is 15.5 Å². The average molecular weight is 333 g/mol. The molecule has 6 heteroatoms. The number of benzene rings is 1. The van der Waals surface area contributed by atoms with Crippen LogP contribution in [0.25, 0.3) is 0 Å². The Balaban J connectivity index is 2.85. The lowest BCUT2D eigenvalue weighted by Gasteiger charge is -2.02. The van der Waals surface area contributed by atoms with Gasteiger partial charge < -0.3 is 15.5 Å². The van der Waals surface area contributed by atoms with Crippen molar-refractivity contribution in [1.29, 1.82) is 0 Å². The molecule has 3 N–H and O–H groups in total. The zero-order valence-corrected chi connectivity index (χ0v) is 10.1. The van der Waals surface area contributed by atoms with Gasteiger partial charge in [-0.15, -0.1) is 0 Å². The molecule has 0 aromatic heterocycles. The van der Waals surface area contributed by atoms with Gasteiger partial charge in [0.15, 0.2) is 5.57 Å². The van der Waals surface area contributed by atoms with Gasteiger partial charge in [0.1, 0.15) is 0 Å². The molecule has 84 valence electrons. The van der Waals surface area contributed by atoms with Gasteiger partial charge in [-0.05, 0) is 40.8 Å². The van der Waals surface area contributed by atoms with Crippen molar-refractivity contribution in [2.24, 2.45) is 0 Å². The quantitative estimate of drug-likeness (QED) is 0.338. The highest BCUT2D eigenvalue weighted by Crippen LogP contribution is 2.12. The topological polar surface area (TPSA) is 86.6 Å².